The van der Waals surface area contributed by atoms with Gasteiger partial charge in [0.15, 0.2) is 0 Å². The fourth-order valence-corrected chi connectivity index (χ4v) is 7.29. The quantitative estimate of drug-likeness (QED) is 0.624. The van der Waals surface area contributed by atoms with Crippen LogP contribution in [0.4, 0.5) is 0 Å². The average Bonchev–Trinajstić information content (AvgIpc) is 3.62. The summed E-state index contributed by atoms with van der Waals surface area (Å²) in [5.74, 6) is 0.813. The molecule has 1 amide bonds. The van der Waals surface area contributed by atoms with E-state index in [4.69, 9.17) is 0 Å². The highest BCUT2D eigenvalue weighted by Crippen LogP contribution is 2.37. The summed E-state index contributed by atoms with van der Waals surface area (Å²) in [4.78, 5) is 18.0. The molecule has 0 N–H and O–H groups in total. The summed E-state index contributed by atoms with van der Waals surface area (Å²) in [7, 11) is -3.53. The number of hydrogen-bond donors (Lipinski definition) is 0. The van der Waals surface area contributed by atoms with Crippen molar-refractivity contribution in [3.05, 3.63) is 29.8 Å². The van der Waals surface area contributed by atoms with Gasteiger partial charge in [0, 0.05) is 50.7 Å². The van der Waals surface area contributed by atoms with Crippen LogP contribution in [0.25, 0.3) is 0 Å². The lowest BCUT2D eigenvalue weighted by Crippen LogP contribution is -2.52. The summed E-state index contributed by atoms with van der Waals surface area (Å²) in [6.07, 6.45) is 5.38. The van der Waals surface area contributed by atoms with Gasteiger partial charge in [-0.1, -0.05) is 18.2 Å². The molecular formula is C25H39N3O3S. The Morgan fingerprint density at radius 2 is 1.62 bits per heavy atom. The van der Waals surface area contributed by atoms with E-state index in [0.717, 1.165) is 70.3 Å². The Kier molecular flexibility index (Phi) is 7.27. The molecule has 2 aliphatic carbocycles. The zero-order valence-corrected chi connectivity index (χ0v) is 20.7. The van der Waals surface area contributed by atoms with Gasteiger partial charge in [0.25, 0.3) is 0 Å². The van der Waals surface area contributed by atoms with Crippen molar-refractivity contribution in [1.82, 2.24) is 14.1 Å². The second-order valence-electron chi connectivity index (χ2n) is 10.2. The van der Waals surface area contributed by atoms with Crippen molar-refractivity contribution < 1.29 is 13.2 Å². The molecule has 3 fully saturated rings. The first-order chi connectivity index (χ1) is 15.3. The summed E-state index contributed by atoms with van der Waals surface area (Å²) in [5.41, 5.74) is 0.803. The number of rotatable bonds is 7. The molecule has 1 aromatic carbocycles. The molecule has 0 radical (unpaired) electrons. The highest BCUT2D eigenvalue weighted by atomic mass is 32.2. The minimum atomic E-state index is -3.53. The molecule has 6 nitrogen and oxygen atoms in total. The number of hydrogen-bond acceptors (Lipinski definition) is 4. The molecule has 0 bridgehead atoms. The Labute approximate surface area is 194 Å². The van der Waals surface area contributed by atoms with Crippen LogP contribution in [-0.2, 0) is 14.8 Å². The number of carbonyl (C=O) groups excluding carboxylic acids is 1. The third kappa shape index (κ3) is 5.20. The smallest absolute Gasteiger partial charge is 0.243 e. The topological polar surface area (TPSA) is 60.9 Å². The maximum Gasteiger partial charge on any atom is 0.243 e. The minimum Gasteiger partial charge on any atom is -0.340 e. The van der Waals surface area contributed by atoms with Crippen molar-refractivity contribution in [2.45, 2.75) is 76.3 Å². The van der Waals surface area contributed by atoms with Gasteiger partial charge in [0.2, 0.25) is 15.9 Å². The Hall–Kier alpha value is -1.44. The Bertz CT molecular complexity index is 897. The standard InChI is InChI=1S/C25H39N3O3S/c1-19(2)26-14-16-27(17-15-26)25(29)22-10-12-23(13-11-22)28(18-21-8-9-21)32(30,31)24-7-5-4-6-20(24)3/h4-7,19,21-23H,8-18H2,1-3H3/t22-,23-. The Morgan fingerprint density at radius 3 is 2.19 bits per heavy atom. The van der Waals surface area contributed by atoms with Gasteiger partial charge in [0.05, 0.1) is 4.90 Å². The third-order valence-electron chi connectivity index (χ3n) is 7.62. The summed E-state index contributed by atoms with van der Waals surface area (Å²) < 4.78 is 29.0. The summed E-state index contributed by atoms with van der Waals surface area (Å²) in [6.45, 7) is 10.4. The van der Waals surface area contributed by atoms with Gasteiger partial charge >= 0.3 is 0 Å². The maximum absolute atomic E-state index is 13.6. The lowest BCUT2D eigenvalue weighted by Gasteiger charge is -2.40. The van der Waals surface area contributed by atoms with E-state index < -0.39 is 10.0 Å². The van der Waals surface area contributed by atoms with Crippen LogP contribution < -0.4 is 0 Å². The zero-order valence-electron chi connectivity index (χ0n) is 19.9. The number of carbonyl (C=O) groups is 1. The number of sulfonamides is 1. The molecule has 4 rings (SSSR count). The first-order valence-corrected chi connectivity index (χ1v) is 13.8. The minimum absolute atomic E-state index is 0.00189. The first-order valence-electron chi connectivity index (χ1n) is 12.4. The van der Waals surface area contributed by atoms with Crippen LogP contribution >= 0.6 is 0 Å². The van der Waals surface area contributed by atoms with Crippen LogP contribution in [0, 0.1) is 18.8 Å². The van der Waals surface area contributed by atoms with Crippen molar-refractivity contribution in [1.29, 1.82) is 0 Å². The fourth-order valence-electron chi connectivity index (χ4n) is 5.30. The molecular weight excluding hydrogens is 422 g/mol. The van der Waals surface area contributed by atoms with Crippen molar-refractivity contribution >= 4 is 15.9 Å². The van der Waals surface area contributed by atoms with Gasteiger partial charge in [-0.3, -0.25) is 9.69 Å². The highest BCUT2D eigenvalue weighted by molar-refractivity contribution is 7.89. The number of aryl methyl sites for hydroxylation is 1. The molecule has 1 aromatic rings. The number of amides is 1. The molecule has 0 aromatic heterocycles. The van der Waals surface area contributed by atoms with Crippen LogP contribution in [-0.4, -0.2) is 73.2 Å². The second kappa shape index (κ2) is 9.82. The lowest BCUT2D eigenvalue weighted by molar-refractivity contribution is -0.138. The van der Waals surface area contributed by atoms with Crippen molar-refractivity contribution in [3.63, 3.8) is 0 Å². The number of benzene rings is 1. The molecule has 0 unspecified atom stereocenters. The molecule has 2 saturated carbocycles. The predicted octanol–water partition coefficient (Wildman–Crippen LogP) is 3.51. The second-order valence-corrected chi connectivity index (χ2v) is 12.1. The van der Waals surface area contributed by atoms with Gasteiger partial charge in [-0.25, -0.2) is 8.42 Å². The first kappa shape index (κ1) is 23.7. The van der Waals surface area contributed by atoms with Gasteiger partial charge in [-0.05, 0) is 76.8 Å². The van der Waals surface area contributed by atoms with E-state index in [1.54, 1.807) is 10.4 Å². The van der Waals surface area contributed by atoms with E-state index in [0.29, 0.717) is 23.4 Å². The van der Waals surface area contributed by atoms with Crippen LogP contribution in [0.15, 0.2) is 29.2 Å². The van der Waals surface area contributed by atoms with Crippen LogP contribution in [0.1, 0.15) is 57.9 Å². The summed E-state index contributed by atoms with van der Waals surface area (Å²) in [5, 5.41) is 0. The largest absolute Gasteiger partial charge is 0.340 e. The lowest BCUT2D eigenvalue weighted by atomic mass is 9.85. The fraction of sp³-hybridized carbons (Fsp3) is 0.720. The number of piperazine rings is 1. The molecule has 0 spiro atoms. The predicted molar refractivity (Wildman–Crippen MR) is 127 cm³/mol. The van der Waals surface area contributed by atoms with E-state index in [2.05, 4.69) is 18.7 Å². The monoisotopic (exact) mass is 461 g/mol. The molecule has 7 heteroatoms. The van der Waals surface area contributed by atoms with Crippen LogP contribution in [0.2, 0.25) is 0 Å². The van der Waals surface area contributed by atoms with E-state index >= 15 is 0 Å². The van der Waals surface area contributed by atoms with E-state index in [9.17, 15) is 13.2 Å². The normalized spacial score (nSPS) is 25.5. The maximum atomic E-state index is 13.6. The van der Waals surface area contributed by atoms with E-state index in [1.165, 1.54) is 0 Å². The molecule has 1 saturated heterocycles. The Morgan fingerprint density at radius 1 is 1.00 bits per heavy atom. The molecule has 178 valence electrons. The Balaban J connectivity index is 1.40. The highest BCUT2D eigenvalue weighted by Gasteiger charge is 2.40. The van der Waals surface area contributed by atoms with E-state index in [-0.39, 0.29) is 17.9 Å². The van der Waals surface area contributed by atoms with Gasteiger partial charge in [-0.2, -0.15) is 4.31 Å². The SMILES string of the molecule is Cc1ccccc1S(=O)(=O)N(CC1CC1)[C@H]1CC[C@H](C(=O)N2CCN(C(C)C)CC2)CC1. The molecule has 3 aliphatic rings. The van der Waals surface area contributed by atoms with Gasteiger partial charge in [-0.15, -0.1) is 0 Å². The zero-order chi connectivity index (χ0) is 22.9. The number of nitrogens with zero attached hydrogens (tertiary/aromatic N) is 3. The third-order valence-corrected chi connectivity index (χ3v) is 9.70. The summed E-state index contributed by atoms with van der Waals surface area (Å²) >= 11 is 0. The van der Waals surface area contributed by atoms with Crippen molar-refractivity contribution in [3.8, 4) is 0 Å². The molecule has 1 aliphatic heterocycles. The van der Waals surface area contributed by atoms with Gasteiger partial charge < -0.3 is 4.90 Å². The van der Waals surface area contributed by atoms with Crippen LogP contribution in [0.5, 0.6) is 0 Å². The van der Waals surface area contributed by atoms with Crippen LogP contribution in [0.3, 0.4) is 0 Å². The van der Waals surface area contributed by atoms with Crippen molar-refractivity contribution in [2.24, 2.45) is 11.8 Å². The molecule has 1 heterocycles. The molecule has 0 atom stereocenters. The molecule has 32 heavy (non-hydrogen) atoms. The average molecular weight is 462 g/mol. The van der Waals surface area contributed by atoms with E-state index in [1.807, 2.05) is 30.0 Å². The summed E-state index contributed by atoms with van der Waals surface area (Å²) in [6, 6.07) is 7.83. The van der Waals surface area contributed by atoms with Gasteiger partial charge in [0.1, 0.15) is 0 Å². The van der Waals surface area contributed by atoms with Crippen molar-refractivity contribution in [2.75, 3.05) is 32.7 Å².